The molecular formula is C23H25ClN2O2. The van der Waals surface area contributed by atoms with Crippen LogP contribution in [0, 0.1) is 0 Å². The van der Waals surface area contributed by atoms with Gasteiger partial charge < -0.3 is 19.7 Å². The number of nitrogens with one attached hydrogen (secondary N) is 1. The van der Waals surface area contributed by atoms with Crippen molar-refractivity contribution in [3.8, 4) is 5.75 Å². The third-order valence-electron chi connectivity index (χ3n) is 6.87. The number of fused-ring (bicyclic) bond motifs is 4. The highest BCUT2D eigenvalue weighted by Gasteiger charge is 2.57. The number of piperidine rings is 1. The summed E-state index contributed by atoms with van der Waals surface area (Å²) >= 11 is 6.22. The number of H-pyrrole nitrogens is 1. The number of aromatic nitrogens is 1. The van der Waals surface area contributed by atoms with Crippen LogP contribution in [0.25, 0.3) is 10.9 Å². The predicted octanol–water partition coefficient (Wildman–Crippen LogP) is 3.93. The molecule has 1 aliphatic carbocycles. The van der Waals surface area contributed by atoms with Crippen LogP contribution in [0.5, 0.6) is 5.75 Å². The Morgan fingerprint density at radius 2 is 2.04 bits per heavy atom. The van der Waals surface area contributed by atoms with Crippen LogP contribution >= 0.6 is 11.6 Å². The van der Waals surface area contributed by atoms with Gasteiger partial charge in [0.2, 0.25) is 0 Å². The van der Waals surface area contributed by atoms with E-state index in [0.29, 0.717) is 13.0 Å². The molecule has 2 aromatic carbocycles. The summed E-state index contributed by atoms with van der Waals surface area (Å²) in [4.78, 5) is 5.85. The first kappa shape index (κ1) is 18.0. The molecule has 28 heavy (non-hydrogen) atoms. The quantitative estimate of drug-likeness (QED) is 0.690. The topological polar surface area (TPSA) is 48.5 Å². The molecule has 2 heterocycles. The lowest BCUT2D eigenvalue weighted by atomic mass is 9.56. The number of ether oxygens (including phenoxy) is 1. The fourth-order valence-corrected chi connectivity index (χ4v) is 5.61. The number of benzene rings is 2. The SMILES string of the molecule is COc1cccc(C23CCN(C)CC2(O)Cc2c([nH]c4cc(Cl)ccc24)C3)c1. The Labute approximate surface area is 170 Å². The normalized spacial score (nSPS) is 27.4. The molecule has 1 saturated heterocycles. The summed E-state index contributed by atoms with van der Waals surface area (Å²) in [6, 6.07) is 14.2. The highest BCUT2D eigenvalue weighted by Crippen LogP contribution is 2.51. The molecule has 2 N–H and O–H groups in total. The van der Waals surface area contributed by atoms with Gasteiger partial charge in [0.1, 0.15) is 5.75 Å². The Kier molecular flexibility index (Phi) is 4.02. The van der Waals surface area contributed by atoms with Gasteiger partial charge in [-0.05, 0) is 55.4 Å². The van der Waals surface area contributed by atoms with Crippen LogP contribution in [0.4, 0.5) is 0 Å². The van der Waals surface area contributed by atoms with E-state index in [9.17, 15) is 5.11 Å². The van der Waals surface area contributed by atoms with Gasteiger partial charge in [-0.1, -0.05) is 29.8 Å². The maximum atomic E-state index is 12.1. The Hall–Kier alpha value is -2.01. The second-order valence-electron chi connectivity index (χ2n) is 8.46. The first-order chi connectivity index (χ1) is 13.4. The molecule has 0 saturated carbocycles. The Balaban J connectivity index is 1.71. The molecular weight excluding hydrogens is 372 g/mol. The average Bonchev–Trinajstić information content (AvgIpc) is 3.01. The fourth-order valence-electron chi connectivity index (χ4n) is 5.44. The van der Waals surface area contributed by atoms with E-state index in [-0.39, 0.29) is 5.41 Å². The van der Waals surface area contributed by atoms with Gasteiger partial charge in [0.05, 0.1) is 12.7 Å². The number of nitrogens with zero attached hydrogens (tertiary/aromatic N) is 1. The molecule has 3 aromatic rings. The smallest absolute Gasteiger partial charge is 0.119 e. The van der Waals surface area contributed by atoms with E-state index in [2.05, 4.69) is 35.1 Å². The number of likely N-dealkylation sites (N-methyl/N-ethyl adjacent to an activating group) is 1. The van der Waals surface area contributed by atoms with E-state index in [0.717, 1.165) is 41.2 Å². The molecule has 0 bridgehead atoms. The summed E-state index contributed by atoms with van der Waals surface area (Å²) in [5.41, 5.74) is 3.47. The van der Waals surface area contributed by atoms with Crippen LogP contribution in [-0.2, 0) is 18.3 Å². The molecule has 1 aromatic heterocycles. The zero-order valence-corrected chi connectivity index (χ0v) is 17.0. The Morgan fingerprint density at radius 3 is 2.86 bits per heavy atom. The minimum Gasteiger partial charge on any atom is -0.497 e. The molecule has 5 rings (SSSR count). The number of halogens is 1. The molecule has 2 unspecified atom stereocenters. The van der Waals surface area contributed by atoms with Crippen molar-refractivity contribution in [3.63, 3.8) is 0 Å². The number of aromatic amines is 1. The maximum Gasteiger partial charge on any atom is 0.119 e. The third kappa shape index (κ3) is 2.52. The summed E-state index contributed by atoms with van der Waals surface area (Å²) in [7, 11) is 3.79. The van der Waals surface area contributed by atoms with Crippen LogP contribution in [0.1, 0.15) is 23.2 Å². The van der Waals surface area contributed by atoms with Gasteiger partial charge in [-0.25, -0.2) is 0 Å². The van der Waals surface area contributed by atoms with E-state index in [1.54, 1.807) is 7.11 Å². The number of rotatable bonds is 2. The van der Waals surface area contributed by atoms with E-state index in [4.69, 9.17) is 16.3 Å². The molecule has 0 radical (unpaired) electrons. The second kappa shape index (κ2) is 6.24. The Morgan fingerprint density at radius 1 is 1.18 bits per heavy atom. The van der Waals surface area contributed by atoms with Crippen molar-refractivity contribution in [1.82, 2.24) is 9.88 Å². The van der Waals surface area contributed by atoms with Gasteiger partial charge >= 0.3 is 0 Å². The molecule has 2 aliphatic rings. The van der Waals surface area contributed by atoms with Crippen molar-refractivity contribution in [2.75, 3.05) is 27.2 Å². The lowest BCUT2D eigenvalue weighted by molar-refractivity contribution is -0.0972. The summed E-state index contributed by atoms with van der Waals surface area (Å²) in [5, 5.41) is 14.0. The van der Waals surface area contributed by atoms with E-state index in [1.807, 2.05) is 24.3 Å². The molecule has 1 aliphatic heterocycles. The van der Waals surface area contributed by atoms with Gasteiger partial charge in [0, 0.05) is 46.4 Å². The maximum absolute atomic E-state index is 12.1. The van der Waals surface area contributed by atoms with Gasteiger partial charge in [-0.15, -0.1) is 0 Å². The third-order valence-corrected chi connectivity index (χ3v) is 7.10. The van der Waals surface area contributed by atoms with Crippen LogP contribution in [0.3, 0.4) is 0 Å². The van der Waals surface area contributed by atoms with Crippen LogP contribution in [0.15, 0.2) is 42.5 Å². The largest absolute Gasteiger partial charge is 0.497 e. The van der Waals surface area contributed by atoms with Crippen molar-refractivity contribution < 1.29 is 9.84 Å². The zero-order chi connectivity index (χ0) is 19.5. The summed E-state index contributed by atoms with van der Waals surface area (Å²) < 4.78 is 5.49. The van der Waals surface area contributed by atoms with E-state index in [1.165, 1.54) is 16.6 Å². The molecule has 0 spiro atoms. The van der Waals surface area contributed by atoms with Gasteiger partial charge in [0.25, 0.3) is 0 Å². The summed E-state index contributed by atoms with van der Waals surface area (Å²) in [6.45, 7) is 1.62. The van der Waals surface area contributed by atoms with Crippen molar-refractivity contribution in [1.29, 1.82) is 0 Å². The van der Waals surface area contributed by atoms with E-state index < -0.39 is 5.60 Å². The van der Waals surface area contributed by atoms with Gasteiger partial charge in [0.15, 0.2) is 0 Å². The molecule has 146 valence electrons. The lowest BCUT2D eigenvalue weighted by Crippen LogP contribution is -2.65. The predicted molar refractivity (Wildman–Crippen MR) is 112 cm³/mol. The number of hydrogen-bond donors (Lipinski definition) is 2. The highest BCUT2D eigenvalue weighted by atomic mass is 35.5. The first-order valence-corrected chi connectivity index (χ1v) is 10.2. The van der Waals surface area contributed by atoms with Crippen molar-refractivity contribution >= 4 is 22.5 Å². The number of likely N-dealkylation sites (tertiary alicyclic amines) is 1. The molecule has 4 nitrogen and oxygen atoms in total. The highest BCUT2D eigenvalue weighted by molar-refractivity contribution is 6.31. The number of methoxy groups -OCH3 is 1. The van der Waals surface area contributed by atoms with Gasteiger partial charge in [-0.2, -0.15) is 0 Å². The number of β-amino-alcohol motifs (C(OH)–C–C–N with tert-alkyl or cyclic N) is 1. The first-order valence-electron chi connectivity index (χ1n) is 9.79. The minimum absolute atomic E-state index is 0.342. The Bertz CT molecular complexity index is 1060. The molecule has 1 fully saturated rings. The van der Waals surface area contributed by atoms with Crippen LogP contribution in [-0.4, -0.2) is 47.8 Å². The summed E-state index contributed by atoms with van der Waals surface area (Å²) in [5.74, 6) is 0.836. The number of aliphatic hydroxyl groups is 1. The van der Waals surface area contributed by atoms with E-state index >= 15 is 0 Å². The molecule has 0 amide bonds. The minimum atomic E-state index is -0.839. The lowest BCUT2D eigenvalue weighted by Gasteiger charge is -2.56. The monoisotopic (exact) mass is 396 g/mol. The fraction of sp³-hybridized carbons (Fsp3) is 0.391. The molecule has 5 heteroatoms. The van der Waals surface area contributed by atoms with Crippen molar-refractivity contribution in [2.45, 2.75) is 30.3 Å². The second-order valence-corrected chi connectivity index (χ2v) is 8.90. The standard InChI is InChI=1S/C23H25ClN2O2/c1-26-9-8-22(15-4-3-5-17(10-15)28-2)13-21-19(12-23(22,27)14-26)18-7-6-16(24)11-20(18)25-21/h3-7,10-11,25,27H,8-9,12-14H2,1-2H3. The number of hydrogen-bond acceptors (Lipinski definition) is 3. The molecule has 2 atom stereocenters. The van der Waals surface area contributed by atoms with Crippen molar-refractivity contribution in [3.05, 3.63) is 64.3 Å². The van der Waals surface area contributed by atoms with Crippen LogP contribution < -0.4 is 4.74 Å². The van der Waals surface area contributed by atoms with Crippen molar-refractivity contribution in [2.24, 2.45) is 0 Å². The zero-order valence-electron chi connectivity index (χ0n) is 16.3. The summed E-state index contributed by atoms with van der Waals surface area (Å²) in [6.07, 6.45) is 2.32. The average molecular weight is 397 g/mol. The van der Waals surface area contributed by atoms with Crippen LogP contribution in [0.2, 0.25) is 5.02 Å². The van der Waals surface area contributed by atoms with Gasteiger partial charge in [-0.3, -0.25) is 0 Å².